The van der Waals surface area contributed by atoms with Crippen LogP contribution in [0.1, 0.15) is 25.7 Å². The van der Waals surface area contributed by atoms with Gasteiger partial charge in [0.15, 0.2) is 0 Å². The van der Waals surface area contributed by atoms with Crippen LogP contribution in [-0.2, 0) is 9.47 Å². The predicted molar refractivity (Wildman–Crippen MR) is 50.7 cm³/mol. The van der Waals surface area contributed by atoms with E-state index >= 15 is 0 Å². The molecule has 3 heteroatoms. The average Bonchev–Trinajstić information content (AvgIpc) is 2.82. The van der Waals surface area contributed by atoms with Gasteiger partial charge in [0.05, 0.1) is 18.3 Å². The Balaban J connectivity index is 1.79. The maximum atomic E-state index is 5.77. The van der Waals surface area contributed by atoms with E-state index in [0.29, 0.717) is 6.10 Å². The summed E-state index contributed by atoms with van der Waals surface area (Å²) < 4.78 is 11.0. The van der Waals surface area contributed by atoms with Crippen molar-refractivity contribution in [1.29, 1.82) is 0 Å². The first-order valence-electron chi connectivity index (χ1n) is 4.66. The Hall–Kier alpha value is 0.400. The minimum absolute atomic E-state index is 0.145. The molecule has 70 valence electrons. The number of alkyl halides is 1. The fourth-order valence-electron chi connectivity index (χ4n) is 1.78. The van der Waals surface area contributed by atoms with Crippen molar-refractivity contribution in [2.75, 3.05) is 18.5 Å². The molecule has 0 amide bonds. The van der Waals surface area contributed by atoms with Crippen LogP contribution in [-0.4, -0.2) is 30.2 Å². The number of halogens is 1. The molecular weight excluding hydrogens is 220 g/mol. The Kier molecular flexibility index (Phi) is 2.72. The first-order chi connectivity index (χ1) is 5.85. The van der Waals surface area contributed by atoms with Gasteiger partial charge in [0.2, 0.25) is 0 Å². The number of hydrogen-bond acceptors (Lipinski definition) is 2. The second-order valence-corrected chi connectivity index (χ2v) is 4.32. The van der Waals surface area contributed by atoms with Crippen LogP contribution in [0.3, 0.4) is 0 Å². The molecule has 2 unspecified atom stereocenters. The van der Waals surface area contributed by atoms with E-state index in [4.69, 9.17) is 9.47 Å². The molecule has 0 aliphatic carbocycles. The van der Waals surface area contributed by atoms with Gasteiger partial charge in [-0.15, -0.1) is 0 Å². The van der Waals surface area contributed by atoms with Crippen LogP contribution in [0.15, 0.2) is 0 Å². The minimum Gasteiger partial charge on any atom is -0.374 e. The van der Waals surface area contributed by atoms with Gasteiger partial charge in [0, 0.05) is 11.9 Å². The van der Waals surface area contributed by atoms with Crippen molar-refractivity contribution in [3.63, 3.8) is 0 Å². The third kappa shape index (κ3) is 2.01. The monoisotopic (exact) mass is 234 g/mol. The highest BCUT2D eigenvalue weighted by Crippen LogP contribution is 2.34. The molecule has 0 N–H and O–H groups in total. The van der Waals surface area contributed by atoms with Gasteiger partial charge >= 0.3 is 0 Å². The molecule has 2 fully saturated rings. The van der Waals surface area contributed by atoms with Crippen LogP contribution < -0.4 is 0 Å². The molecule has 2 saturated heterocycles. The molecule has 12 heavy (non-hydrogen) atoms. The highest BCUT2D eigenvalue weighted by Gasteiger charge is 2.36. The van der Waals surface area contributed by atoms with Crippen molar-refractivity contribution >= 4 is 15.9 Å². The van der Waals surface area contributed by atoms with Crippen molar-refractivity contribution in [3.8, 4) is 0 Å². The normalized spacial score (nSPS) is 40.2. The summed E-state index contributed by atoms with van der Waals surface area (Å²) in [6.07, 6.45) is 5.31. The van der Waals surface area contributed by atoms with Gasteiger partial charge in [-0.3, -0.25) is 0 Å². The summed E-state index contributed by atoms with van der Waals surface area (Å²) in [4.78, 5) is 0. The second kappa shape index (κ2) is 3.64. The second-order valence-electron chi connectivity index (χ2n) is 3.76. The van der Waals surface area contributed by atoms with Crippen LogP contribution in [0.2, 0.25) is 0 Å². The highest BCUT2D eigenvalue weighted by molar-refractivity contribution is 9.09. The maximum absolute atomic E-state index is 5.77. The third-order valence-electron chi connectivity index (χ3n) is 2.75. The van der Waals surface area contributed by atoms with Gasteiger partial charge in [-0.05, 0) is 25.7 Å². The molecule has 2 rings (SSSR count). The summed E-state index contributed by atoms with van der Waals surface area (Å²) in [5.41, 5.74) is 0.145. The SMILES string of the molecule is BrCC1(CCC2CO2)CCCO1. The van der Waals surface area contributed by atoms with E-state index in [1.165, 1.54) is 19.3 Å². The molecule has 0 aromatic heterocycles. The molecule has 2 aliphatic rings. The summed E-state index contributed by atoms with van der Waals surface area (Å²) in [5, 5.41) is 0.979. The number of hydrogen-bond donors (Lipinski definition) is 0. The van der Waals surface area contributed by atoms with E-state index in [1.807, 2.05) is 0 Å². The van der Waals surface area contributed by atoms with E-state index in [1.54, 1.807) is 0 Å². The van der Waals surface area contributed by atoms with Gasteiger partial charge in [-0.2, -0.15) is 0 Å². The molecule has 0 aromatic rings. The van der Waals surface area contributed by atoms with Gasteiger partial charge in [0.1, 0.15) is 0 Å². The summed E-state index contributed by atoms with van der Waals surface area (Å²) in [6, 6.07) is 0. The minimum atomic E-state index is 0.145. The predicted octanol–water partition coefficient (Wildman–Crippen LogP) is 2.11. The van der Waals surface area contributed by atoms with Crippen LogP contribution in [0, 0.1) is 0 Å². The fraction of sp³-hybridized carbons (Fsp3) is 1.00. The average molecular weight is 235 g/mol. The fourth-order valence-corrected chi connectivity index (χ4v) is 2.51. The number of rotatable bonds is 4. The first kappa shape index (κ1) is 8.97. The summed E-state index contributed by atoms with van der Waals surface area (Å²) >= 11 is 3.54. The Morgan fingerprint density at radius 2 is 2.33 bits per heavy atom. The number of epoxide rings is 1. The lowest BCUT2D eigenvalue weighted by Crippen LogP contribution is -2.30. The molecule has 0 aromatic carbocycles. The van der Waals surface area contributed by atoms with Crippen molar-refractivity contribution in [2.45, 2.75) is 37.4 Å². The lowest BCUT2D eigenvalue weighted by molar-refractivity contribution is 0.0155. The summed E-state index contributed by atoms with van der Waals surface area (Å²) in [6.45, 7) is 1.91. The van der Waals surface area contributed by atoms with Gasteiger partial charge < -0.3 is 9.47 Å². The Labute approximate surface area is 81.7 Å². The maximum Gasteiger partial charge on any atom is 0.0811 e. The molecule has 2 heterocycles. The zero-order chi connectivity index (χ0) is 8.44. The van der Waals surface area contributed by atoms with E-state index in [0.717, 1.165) is 25.0 Å². The van der Waals surface area contributed by atoms with Crippen LogP contribution in [0.5, 0.6) is 0 Å². The zero-order valence-electron chi connectivity index (χ0n) is 7.22. The van der Waals surface area contributed by atoms with Crippen molar-refractivity contribution in [2.24, 2.45) is 0 Å². The topological polar surface area (TPSA) is 21.8 Å². The molecule has 0 spiro atoms. The molecule has 0 saturated carbocycles. The Morgan fingerprint density at radius 3 is 2.83 bits per heavy atom. The van der Waals surface area contributed by atoms with Crippen LogP contribution in [0.4, 0.5) is 0 Å². The van der Waals surface area contributed by atoms with Crippen molar-refractivity contribution in [1.82, 2.24) is 0 Å². The van der Waals surface area contributed by atoms with Crippen molar-refractivity contribution < 1.29 is 9.47 Å². The quantitative estimate of drug-likeness (QED) is 0.549. The van der Waals surface area contributed by atoms with E-state index in [2.05, 4.69) is 15.9 Å². The van der Waals surface area contributed by atoms with Gasteiger partial charge in [-0.25, -0.2) is 0 Å². The molecule has 2 aliphatic heterocycles. The largest absolute Gasteiger partial charge is 0.374 e. The summed E-state index contributed by atoms with van der Waals surface area (Å²) in [7, 11) is 0. The van der Waals surface area contributed by atoms with Gasteiger partial charge in [0.25, 0.3) is 0 Å². The van der Waals surface area contributed by atoms with E-state index in [-0.39, 0.29) is 5.60 Å². The lowest BCUT2D eigenvalue weighted by Gasteiger charge is -2.25. The lowest BCUT2D eigenvalue weighted by atomic mass is 9.96. The zero-order valence-corrected chi connectivity index (χ0v) is 8.81. The Bertz CT molecular complexity index is 151. The van der Waals surface area contributed by atoms with Crippen molar-refractivity contribution in [3.05, 3.63) is 0 Å². The van der Waals surface area contributed by atoms with E-state index in [9.17, 15) is 0 Å². The first-order valence-corrected chi connectivity index (χ1v) is 5.78. The van der Waals surface area contributed by atoms with E-state index < -0.39 is 0 Å². The highest BCUT2D eigenvalue weighted by atomic mass is 79.9. The molecule has 2 nitrogen and oxygen atoms in total. The number of ether oxygens (including phenoxy) is 2. The smallest absolute Gasteiger partial charge is 0.0811 e. The molecule has 0 bridgehead atoms. The van der Waals surface area contributed by atoms with Crippen LogP contribution in [0.25, 0.3) is 0 Å². The van der Waals surface area contributed by atoms with Gasteiger partial charge in [-0.1, -0.05) is 15.9 Å². The molecular formula is C9H15BrO2. The third-order valence-corrected chi connectivity index (χ3v) is 3.77. The Morgan fingerprint density at radius 1 is 1.50 bits per heavy atom. The molecule has 2 atom stereocenters. The molecule has 0 radical (unpaired) electrons. The standard InChI is InChI=1S/C9H15BrO2/c10-7-9(3-1-5-12-9)4-2-8-6-11-8/h8H,1-7H2. The summed E-state index contributed by atoms with van der Waals surface area (Å²) in [5.74, 6) is 0. The van der Waals surface area contributed by atoms with Crippen LogP contribution >= 0.6 is 15.9 Å².